The Morgan fingerprint density at radius 1 is 1.07 bits per heavy atom. The first-order chi connectivity index (χ1) is 13.8. The third kappa shape index (κ3) is 3.37. The van der Waals surface area contributed by atoms with Gasteiger partial charge in [0.05, 0.1) is 23.4 Å². The Morgan fingerprint density at radius 3 is 2.55 bits per heavy atom. The van der Waals surface area contributed by atoms with E-state index in [9.17, 15) is 13.2 Å². The Labute approximate surface area is 170 Å². The Morgan fingerprint density at radius 2 is 1.83 bits per heavy atom. The van der Waals surface area contributed by atoms with Gasteiger partial charge in [0.1, 0.15) is 21.8 Å². The number of hydrogen-bond acceptors (Lipinski definition) is 5. The van der Waals surface area contributed by atoms with Crippen LogP contribution >= 0.6 is 11.6 Å². The van der Waals surface area contributed by atoms with Gasteiger partial charge in [0.15, 0.2) is 0 Å². The number of carboxylic acid groups (broad SMARTS) is 1. The fraction of sp³-hybridized carbons (Fsp3) is 0.0500. The second-order valence-electron chi connectivity index (χ2n) is 6.20. The van der Waals surface area contributed by atoms with Crippen LogP contribution in [0.2, 0.25) is 5.02 Å². The van der Waals surface area contributed by atoms with Gasteiger partial charge < -0.3 is 14.3 Å². The van der Waals surface area contributed by atoms with E-state index in [1.807, 2.05) is 24.3 Å². The summed E-state index contributed by atoms with van der Waals surface area (Å²) in [7, 11) is -2.78. The third-order valence-electron chi connectivity index (χ3n) is 4.41. The molecule has 3 aromatic carbocycles. The van der Waals surface area contributed by atoms with Crippen molar-refractivity contribution in [2.75, 3.05) is 11.8 Å². The number of rotatable bonds is 5. The summed E-state index contributed by atoms with van der Waals surface area (Å²) in [5, 5.41) is 10.7. The number of carbonyl (C=O) groups is 1. The van der Waals surface area contributed by atoms with E-state index in [2.05, 4.69) is 4.72 Å². The summed E-state index contributed by atoms with van der Waals surface area (Å²) in [5.41, 5.74) is 1.06. The first-order valence-electron chi connectivity index (χ1n) is 8.35. The van der Waals surface area contributed by atoms with Crippen LogP contribution in [0.15, 0.2) is 63.9 Å². The summed E-state index contributed by atoms with van der Waals surface area (Å²) in [6.45, 7) is 0. The molecular weight excluding hydrogens is 418 g/mol. The van der Waals surface area contributed by atoms with Crippen LogP contribution in [0.25, 0.3) is 21.9 Å². The fourth-order valence-electron chi connectivity index (χ4n) is 3.04. The minimum Gasteiger partial charge on any atom is -0.495 e. The first kappa shape index (κ1) is 19.1. The number of benzene rings is 3. The van der Waals surface area contributed by atoms with Crippen molar-refractivity contribution in [3.63, 3.8) is 0 Å². The molecule has 0 aliphatic rings. The molecule has 1 aromatic heterocycles. The lowest BCUT2D eigenvalue weighted by atomic mass is 10.1. The number of ether oxygens (including phenoxy) is 1. The second kappa shape index (κ2) is 6.98. The van der Waals surface area contributed by atoms with Crippen molar-refractivity contribution in [3.8, 4) is 5.75 Å². The maximum absolute atomic E-state index is 12.9. The van der Waals surface area contributed by atoms with Gasteiger partial charge in [0, 0.05) is 16.8 Å². The fourth-order valence-corrected chi connectivity index (χ4v) is 4.63. The molecule has 0 spiro atoms. The number of methoxy groups -OCH3 is 1. The summed E-state index contributed by atoms with van der Waals surface area (Å²) in [6.07, 6.45) is 0. The minimum absolute atomic E-state index is 0.105. The summed E-state index contributed by atoms with van der Waals surface area (Å²) in [4.78, 5) is 10.8. The molecular formula is C20H14ClNO6S. The normalized spacial score (nSPS) is 11.7. The number of para-hydroxylation sites is 1. The molecule has 0 aliphatic carbocycles. The molecule has 1 heterocycles. The van der Waals surface area contributed by atoms with Gasteiger partial charge in [-0.25, -0.2) is 13.2 Å². The molecule has 0 radical (unpaired) electrons. The number of halogens is 1. The zero-order chi connectivity index (χ0) is 20.8. The molecule has 0 fully saturated rings. The Bertz CT molecular complexity index is 1380. The second-order valence-corrected chi connectivity index (χ2v) is 8.26. The standard InChI is InChI=1S/C20H14ClNO6S/c1-27-18-9-13-12-4-2-3-5-16(12)28-17(13)10-15(18)22-29(25,26)19-8-11(20(23)24)6-7-14(19)21/h2-10,22H,1H3,(H,23,24). The van der Waals surface area contributed by atoms with Crippen molar-refractivity contribution in [2.24, 2.45) is 0 Å². The van der Waals surface area contributed by atoms with Crippen molar-refractivity contribution in [1.82, 2.24) is 0 Å². The SMILES string of the molecule is COc1cc2c(cc1NS(=O)(=O)c1cc(C(=O)O)ccc1Cl)oc1ccccc12. The highest BCUT2D eigenvalue weighted by Crippen LogP contribution is 2.37. The lowest BCUT2D eigenvalue weighted by molar-refractivity contribution is 0.0696. The number of fused-ring (bicyclic) bond motifs is 3. The molecule has 0 atom stereocenters. The average molecular weight is 432 g/mol. The number of anilines is 1. The van der Waals surface area contributed by atoms with Gasteiger partial charge in [-0.3, -0.25) is 4.72 Å². The Hall–Kier alpha value is -3.23. The number of nitrogens with one attached hydrogen (secondary N) is 1. The zero-order valence-electron chi connectivity index (χ0n) is 15.0. The average Bonchev–Trinajstić information content (AvgIpc) is 3.04. The van der Waals surface area contributed by atoms with Gasteiger partial charge in [-0.1, -0.05) is 29.8 Å². The maximum atomic E-state index is 12.9. The molecule has 4 rings (SSSR count). The molecule has 0 unspecified atom stereocenters. The van der Waals surface area contributed by atoms with E-state index in [-0.39, 0.29) is 26.9 Å². The number of carboxylic acids is 1. The number of hydrogen-bond donors (Lipinski definition) is 2. The van der Waals surface area contributed by atoms with Crippen molar-refractivity contribution in [2.45, 2.75) is 4.90 Å². The molecule has 0 saturated carbocycles. The molecule has 7 nitrogen and oxygen atoms in total. The number of sulfonamides is 1. The molecule has 4 aromatic rings. The van der Waals surface area contributed by atoms with E-state index in [1.54, 1.807) is 6.07 Å². The van der Waals surface area contributed by atoms with Crippen LogP contribution in [0.5, 0.6) is 5.75 Å². The van der Waals surface area contributed by atoms with Crippen LogP contribution in [0.4, 0.5) is 5.69 Å². The summed E-state index contributed by atoms with van der Waals surface area (Å²) in [5.74, 6) is -0.988. The van der Waals surface area contributed by atoms with Gasteiger partial charge >= 0.3 is 5.97 Å². The predicted octanol–water partition coefficient (Wildman–Crippen LogP) is 4.75. The molecule has 0 aliphatic heterocycles. The van der Waals surface area contributed by atoms with Crippen LogP contribution in [0, 0.1) is 0 Å². The van der Waals surface area contributed by atoms with E-state index in [0.717, 1.165) is 16.8 Å². The van der Waals surface area contributed by atoms with Crippen molar-refractivity contribution >= 4 is 55.2 Å². The van der Waals surface area contributed by atoms with Crippen molar-refractivity contribution < 1.29 is 27.5 Å². The highest BCUT2D eigenvalue weighted by atomic mass is 35.5. The zero-order valence-corrected chi connectivity index (χ0v) is 16.5. The molecule has 0 saturated heterocycles. The summed E-state index contributed by atoms with van der Waals surface area (Å²) < 4.78 is 39.3. The van der Waals surface area contributed by atoms with E-state index < -0.39 is 16.0 Å². The smallest absolute Gasteiger partial charge is 0.335 e. The third-order valence-corrected chi connectivity index (χ3v) is 6.26. The van der Waals surface area contributed by atoms with Crippen molar-refractivity contribution in [3.05, 3.63) is 65.2 Å². The quantitative estimate of drug-likeness (QED) is 0.472. The van der Waals surface area contributed by atoms with Gasteiger partial charge in [-0.2, -0.15) is 0 Å². The van der Waals surface area contributed by atoms with E-state index in [4.69, 9.17) is 25.9 Å². The predicted molar refractivity (Wildman–Crippen MR) is 109 cm³/mol. The van der Waals surface area contributed by atoms with Gasteiger partial charge in [-0.15, -0.1) is 0 Å². The van der Waals surface area contributed by atoms with Crippen LogP contribution in [0.1, 0.15) is 10.4 Å². The van der Waals surface area contributed by atoms with E-state index in [1.165, 1.54) is 25.3 Å². The highest BCUT2D eigenvalue weighted by Gasteiger charge is 2.23. The molecule has 0 amide bonds. The molecule has 148 valence electrons. The van der Waals surface area contributed by atoms with Crippen LogP contribution in [-0.2, 0) is 10.0 Å². The molecule has 9 heteroatoms. The molecule has 0 bridgehead atoms. The number of furan rings is 1. The van der Waals surface area contributed by atoms with Crippen LogP contribution < -0.4 is 9.46 Å². The van der Waals surface area contributed by atoms with Gasteiger partial charge in [-0.05, 0) is 30.3 Å². The van der Waals surface area contributed by atoms with Crippen LogP contribution in [0.3, 0.4) is 0 Å². The number of aromatic carboxylic acids is 1. The lowest BCUT2D eigenvalue weighted by Crippen LogP contribution is -2.15. The Kier molecular flexibility index (Phi) is 4.60. The van der Waals surface area contributed by atoms with Gasteiger partial charge in [0.25, 0.3) is 10.0 Å². The minimum atomic E-state index is -4.20. The van der Waals surface area contributed by atoms with Crippen LogP contribution in [-0.4, -0.2) is 26.6 Å². The molecule has 29 heavy (non-hydrogen) atoms. The lowest BCUT2D eigenvalue weighted by Gasteiger charge is -2.13. The topological polar surface area (TPSA) is 106 Å². The van der Waals surface area contributed by atoms with Gasteiger partial charge in [0.2, 0.25) is 0 Å². The highest BCUT2D eigenvalue weighted by molar-refractivity contribution is 7.92. The van der Waals surface area contributed by atoms with E-state index in [0.29, 0.717) is 11.2 Å². The summed E-state index contributed by atoms with van der Waals surface area (Å²) in [6, 6.07) is 14.0. The Balaban J connectivity index is 1.83. The molecule has 2 N–H and O–H groups in total. The maximum Gasteiger partial charge on any atom is 0.335 e. The monoisotopic (exact) mass is 431 g/mol. The first-order valence-corrected chi connectivity index (χ1v) is 10.2. The summed E-state index contributed by atoms with van der Waals surface area (Å²) >= 11 is 6.01. The van der Waals surface area contributed by atoms with E-state index >= 15 is 0 Å². The van der Waals surface area contributed by atoms with Crippen molar-refractivity contribution in [1.29, 1.82) is 0 Å². The largest absolute Gasteiger partial charge is 0.495 e.